The molecule has 2 unspecified atom stereocenters. The number of hydrogen-bond acceptors (Lipinski definition) is 2. The molecule has 2 aromatic carbocycles. The highest BCUT2D eigenvalue weighted by Gasteiger charge is 2.45. The fraction of sp³-hybridized carbons (Fsp3) is 0.263. The molecule has 0 bridgehead atoms. The molecule has 0 radical (unpaired) electrons. The molecule has 5 heteroatoms. The highest BCUT2D eigenvalue weighted by molar-refractivity contribution is 5.97. The van der Waals surface area contributed by atoms with Gasteiger partial charge in [0.2, 0.25) is 11.8 Å². The molecule has 2 N–H and O–H groups in total. The van der Waals surface area contributed by atoms with Crippen LogP contribution >= 0.6 is 0 Å². The first-order valence-corrected chi connectivity index (χ1v) is 7.90. The Labute approximate surface area is 140 Å². The lowest BCUT2D eigenvalue weighted by atomic mass is 10.1. The van der Waals surface area contributed by atoms with Gasteiger partial charge in [0.1, 0.15) is 5.82 Å². The quantitative estimate of drug-likeness (QED) is 0.897. The molecule has 2 atom stereocenters. The number of anilines is 2. The van der Waals surface area contributed by atoms with E-state index in [1.54, 1.807) is 36.4 Å². The molecule has 4 nitrogen and oxygen atoms in total. The second kappa shape index (κ2) is 6.43. The number of halogens is 1. The van der Waals surface area contributed by atoms with E-state index in [0.717, 1.165) is 5.56 Å². The smallest absolute Gasteiger partial charge is 0.228 e. The van der Waals surface area contributed by atoms with E-state index in [-0.39, 0.29) is 29.5 Å². The molecule has 0 aliphatic heterocycles. The zero-order valence-electron chi connectivity index (χ0n) is 13.6. The highest BCUT2D eigenvalue weighted by Crippen LogP contribution is 2.48. The summed E-state index contributed by atoms with van der Waals surface area (Å²) >= 11 is 0. The van der Waals surface area contributed by atoms with Gasteiger partial charge in [-0.1, -0.05) is 24.3 Å². The van der Waals surface area contributed by atoms with Crippen molar-refractivity contribution < 1.29 is 14.0 Å². The molecule has 1 aliphatic rings. The maximum atomic E-state index is 13.8. The lowest BCUT2D eigenvalue weighted by molar-refractivity contribution is -0.117. The van der Waals surface area contributed by atoms with Crippen LogP contribution in [0.5, 0.6) is 0 Å². The summed E-state index contributed by atoms with van der Waals surface area (Å²) in [6, 6.07) is 11.9. The van der Waals surface area contributed by atoms with Gasteiger partial charge >= 0.3 is 0 Å². The average Bonchev–Trinajstić information content (AvgIpc) is 3.32. The number of carbonyl (C=O) groups excluding carboxylic acids is 2. The monoisotopic (exact) mass is 326 g/mol. The summed E-state index contributed by atoms with van der Waals surface area (Å²) in [5.74, 6) is -0.827. The van der Waals surface area contributed by atoms with Gasteiger partial charge in [-0.05, 0) is 48.6 Å². The minimum Gasteiger partial charge on any atom is -0.326 e. The van der Waals surface area contributed by atoms with Crippen molar-refractivity contribution in [2.45, 2.75) is 26.2 Å². The van der Waals surface area contributed by atoms with Gasteiger partial charge in [-0.15, -0.1) is 0 Å². The fourth-order valence-electron chi connectivity index (χ4n) is 2.93. The fourth-order valence-corrected chi connectivity index (χ4v) is 2.93. The topological polar surface area (TPSA) is 58.2 Å². The van der Waals surface area contributed by atoms with E-state index in [0.29, 0.717) is 23.4 Å². The van der Waals surface area contributed by atoms with Crippen LogP contribution in [0.1, 0.15) is 30.4 Å². The molecule has 2 amide bonds. The molecule has 1 fully saturated rings. The van der Waals surface area contributed by atoms with E-state index in [2.05, 4.69) is 10.6 Å². The molecule has 124 valence electrons. The van der Waals surface area contributed by atoms with Crippen molar-refractivity contribution in [1.29, 1.82) is 0 Å². The molecule has 0 heterocycles. The van der Waals surface area contributed by atoms with E-state index in [4.69, 9.17) is 0 Å². The van der Waals surface area contributed by atoms with E-state index in [1.165, 1.54) is 13.0 Å². The Hall–Kier alpha value is -2.69. The van der Waals surface area contributed by atoms with Crippen molar-refractivity contribution in [3.8, 4) is 0 Å². The molecule has 3 rings (SSSR count). The van der Waals surface area contributed by atoms with E-state index in [9.17, 15) is 14.0 Å². The molecule has 0 aromatic heterocycles. The minimum atomic E-state index is -0.262. The van der Waals surface area contributed by atoms with Crippen LogP contribution < -0.4 is 10.6 Å². The Morgan fingerprint density at radius 1 is 1.04 bits per heavy atom. The molecule has 0 spiro atoms. The summed E-state index contributed by atoms with van der Waals surface area (Å²) < 4.78 is 13.8. The van der Waals surface area contributed by atoms with Crippen molar-refractivity contribution >= 4 is 23.2 Å². The Kier molecular flexibility index (Phi) is 4.34. The van der Waals surface area contributed by atoms with Gasteiger partial charge in [-0.3, -0.25) is 9.59 Å². The molecular formula is C19H19FN2O2. The van der Waals surface area contributed by atoms with Crippen LogP contribution in [0.3, 0.4) is 0 Å². The Bertz CT molecular complexity index is 804. The first-order chi connectivity index (χ1) is 11.5. The van der Waals surface area contributed by atoms with Crippen molar-refractivity contribution in [2.75, 3.05) is 10.6 Å². The predicted molar refractivity (Wildman–Crippen MR) is 91.4 cm³/mol. The van der Waals surface area contributed by atoms with E-state index in [1.807, 2.05) is 6.92 Å². The second-order valence-electron chi connectivity index (χ2n) is 6.12. The van der Waals surface area contributed by atoms with Crippen LogP contribution in [0.4, 0.5) is 15.8 Å². The van der Waals surface area contributed by atoms with Crippen LogP contribution in [-0.4, -0.2) is 11.8 Å². The molecule has 0 saturated heterocycles. The molecule has 1 aliphatic carbocycles. The van der Waals surface area contributed by atoms with Gasteiger partial charge in [-0.25, -0.2) is 4.39 Å². The van der Waals surface area contributed by atoms with Gasteiger partial charge in [0.15, 0.2) is 0 Å². The number of hydrogen-bond donors (Lipinski definition) is 2. The number of carbonyl (C=O) groups is 2. The van der Waals surface area contributed by atoms with Gasteiger partial charge in [0.25, 0.3) is 0 Å². The van der Waals surface area contributed by atoms with Crippen molar-refractivity contribution in [2.24, 2.45) is 5.92 Å². The second-order valence-corrected chi connectivity index (χ2v) is 6.12. The van der Waals surface area contributed by atoms with E-state index >= 15 is 0 Å². The van der Waals surface area contributed by atoms with Gasteiger partial charge in [-0.2, -0.15) is 0 Å². The van der Waals surface area contributed by atoms with Crippen LogP contribution in [0.2, 0.25) is 0 Å². The SMILES string of the molecule is CC(=O)Nc1cccc(NC(=O)C2CC2c2ccccc2F)c1C. The maximum Gasteiger partial charge on any atom is 0.228 e. The minimum absolute atomic E-state index is 0.0648. The standard InChI is InChI=1S/C19H19FN2O2/c1-11-17(21-12(2)23)8-5-9-18(11)22-19(24)15-10-14(15)13-6-3-4-7-16(13)20/h3-9,14-15H,10H2,1-2H3,(H,21,23)(H,22,24). The first kappa shape index (κ1) is 16.2. The van der Waals surface area contributed by atoms with E-state index < -0.39 is 0 Å². The lowest BCUT2D eigenvalue weighted by Crippen LogP contribution is -2.16. The van der Waals surface area contributed by atoms with Crippen molar-refractivity contribution in [3.63, 3.8) is 0 Å². The molecular weight excluding hydrogens is 307 g/mol. The number of benzene rings is 2. The zero-order chi connectivity index (χ0) is 17.3. The Morgan fingerprint density at radius 2 is 1.71 bits per heavy atom. The summed E-state index contributed by atoms with van der Waals surface area (Å²) in [4.78, 5) is 23.6. The largest absolute Gasteiger partial charge is 0.326 e. The highest BCUT2D eigenvalue weighted by atomic mass is 19.1. The first-order valence-electron chi connectivity index (χ1n) is 7.90. The van der Waals surface area contributed by atoms with Crippen molar-refractivity contribution in [1.82, 2.24) is 0 Å². The predicted octanol–water partition coefficient (Wildman–Crippen LogP) is 3.83. The summed E-state index contributed by atoms with van der Waals surface area (Å²) in [5, 5.41) is 5.63. The molecule has 2 aromatic rings. The number of rotatable bonds is 4. The third kappa shape index (κ3) is 3.30. The Morgan fingerprint density at radius 3 is 2.38 bits per heavy atom. The van der Waals surface area contributed by atoms with Crippen LogP contribution in [0.25, 0.3) is 0 Å². The summed E-state index contributed by atoms with van der Waals surface area (Å²) in [6.45, 7) is 3.27. The number of nitrogens with one attached hydrogen (secondary N) is 2. The van der Waals surface area contributed by atoms with Crippen LogP contribution in [0.15, 0.2) is 42.5 Å². The normalized spacial score (nSPS) is 18.8. The lowest BCUT2D eigenvalue weighted by Gasteiger charge is -2.13. The molecule has 1 saturated carbocycles. The number of amides is 2. The zero-order valence-corrected chi connectivity index (χ0v) is 13.6. The van der Waals surface area contributed by atoms with Gasteiger partial charge < -0.3 is 10.6 Å². The van der Waals surface area contributed by atoms with Gasteiger partial charge in [0, 0.05) is 24.2 Å². The third-order valence-corrected chi connectivity index (χ3v) is 4.33. The van der Waals surface area contributed by atoms with Gasteiger partial charge in [0.05, 0.1) is 0 Å². The molecule has 24 heavy (non-hydrogen) atoms. The van der Waals surface area contributed by atoms with Crippen LogP contribution in [-0.2, 0) is 9.59 Å². The summed E-state index contributed by atoms with van der Waals surface area (Å²) in [7, 11) is 0. The summed E-state index contributed by atoms with van der Waals surface area (Å²) in [5.41, 5.74) is 2.72. The van der Waals surface area contributed by atoms with Crippen LogP contribution in [0, 0.1) is 18.7 Å². The maximum absolute atomic E-state index is 13.8. The summed E-state index contributed by atoms with van der Waals surface area (Å²) in [6.07, 6.45) is 0.650. The third-order valence-electron chi connectivity index (χ3n) is 4.33. The van der Waals surface area contributed by atoms with Crippen molar-refractivity contribution in [3.05, 3.63) is 59.4 Å². The Balaban J connectivity index is 1.71. The average molecular weight is 326 g/mol.